The van der Waals surface area contributed by atoms with E-state index in [0.29, 0.717) is 54.1 Å². The van der Waals surface area contributed by atoms with Crippen LogP contribution in [0.5, 0.6) is 11.5 Å². The average molecular weight is 545 g/mol. The summed E-state index contributed by atoms with van der Waals surface area (Å²) in [6.07, 6.45) is 3.43. The first-order valence-electron chi connectivity index (χ1n) is 13.7. The molecule has 0 unspecified atom stereocenters. The smallest absolute Gasteiger partial charge is 0.270 e. The van der Waals surface area contributed by atoms with Crippen molar-refractivity contribution >= 4 is 22.5 Å². The van der Waals surface area contributed by atoms with E-state index >= 15 is 4.39 Å². The minimum absolute atomic E-state index is 0.0580. The highest BCUT2D eigenvalue weighted by Crippen LogP contribution is 2.40. The molecule has 0 aliphatic carbocycles. The zero-order valence-corrected chi connectivity index (χ0v) is 24.0. The van der Waals surface area contributed by atoms with Gasteiger partial charge in [-0.15, -0.1) is 0 Å². The van der Waals surface area contributed by atoms with Crippen LogP contribution in [0.4, 0.5) is 10.1 Å². The lowest BCUT2D eigenvalue weighted by Gasteiger charge is -2.36. The van der Waals surface area contributed by atoms with Gasteiger partial charge >= 0.3 is 0 Å². The highest BCUT2D eigenvalue weighted by atomic mass is 19.1. The number of aromatic nitrogens is 2. The summed E-state index contributed by atoms with van der Waals surface area (Å²) in [5.74, 6) is 0.927. The van der Waals surface area contributed by atoms with Crippen molar-refractivity contribution in [1.29, 1.82) is 0 Å². The summed E-state index contributed by atoms with van der Waals surface area (Å²) >= 11 is 0. The normalized spacial score (nSPS) is 14.2. The van der Waals surface area contributed by atoms with Crippen molar-refractivity contribution in [1.82, 2.24) is 14.9 Å². The molecule has 8 heteroatoms. The maximum absolute atomic E-state index is 15.8. The van der Waals surface area contributed by atoms with Crippen LogP contribution >= 0.6 is 0 Å². The standard InChI is InChI=1S/C32H37FN4O3/c1-20(2)21-17-22(24-19-34-12-11-27(24)40-32(3,4)5)23-18-25(35-30(23)29(21)33)31(38)37-15-13-36(14-16-37)26-9-7-8-10-28(26)39-6/h7-12,17-20,35H,13-16H2,1-6H3. The molecule has 7 nitrogen and oxygen atoms in total. The summed E-state index contributed by atoms with van der Waals surface area (Å²) in [6, 6.07) is 13.3. The lowest BCUT2D eigenvalue weighted by molar-refractivity contribution is 0.0741. The van der Waals surface area contributed by atoms with Crippen LogP contribution in [0.1, 0.15) is 56.6 Å². The predicted octanol–water partition coefficient (Wildman–Crippen LogP) is 6.64. The second-order valence-electron chi connectivity index (χ2n) is 11.5. The number of piperazine rings is 1. The van der Waals surface area contributed by atoms with Gasteiger partial charge in [0.25, 0.3) is 5.91 Å². The molecule has 2 aromatic carbocycles. The number of aromatic amines is 1. The Balaban J connectivity index is 1.49. The van der Waals surface area contributed by atoms with Gasteiger partial charge in [0.05, 0.1) is 18.3 Å². The van der Waals surface area contributed by atoms with Gasteiger partial charge in [0, 0.05) is 49.5 Å². The quantitative estimate of drug-likeness (QED) is 0.295. The third-order valence-electron chi connectivity index (χ3n) is 7.21. The lowest BCUT2D eigenvalue weighted by Crippen LogP contribution is -2.49. The number of nitrogens with one attached hydrogen (secondary N) is 1. The number of H-pyrrole nitrogens is 1. The number of benzene rings is 2. The van der Waals surface area contributed by atoms with Crippen molar-refractivity contribution in [2.24, 2.45) is 0 Å². The molecule has 3 heterocycles. The Kier molecular flexibility index (Phi) is 7.45. The highest BCUT2D eigenvalue weighted by molar-refractivity contribution is 6.04. The Morgan fingerprint density at radius 1 is 1.02 bits per heavy atom. The van der Waals surface area contributed by atoms with Gasteiger partial charge < -0.3 is 24.3 Å². The van der Waals surface area contributed by atoms with Crippen LogP contribution in [0.15, 0.2) is 54.9 Å². The van der Waals surface area contributed by atoms with Crippen LogP contribution < -0.4 is 14.4 Å². The van der Waals surface area contributed by atoms with Gasteiger partial charge in [-0.1, -0.05) is 26.0 Å². The second-order valence-corrected chi connectivity index (χ2v) is 11.5. The molecule has 0 radical (unpaired) electrons. The zero-order chi connectivity index (χ0) is 28.6. The number of ether oxygens (including phenoxy) is 2. The van der Waals surface area contributed by atoms with Gasteiger partial charge in [-0.25, -0.2) is 4.39 Å². The molecular formula is C32H37FN4O3. The number of fused-ring (bicyclic) bond motifs is 1. The topological polar surface area (TPSA) is 70.7 Å². The number of carbonyl (C=O) groups is 1. The molecule has 1 aliphatic rings. The molecule has 0 saturated carbocycles. The van der Waals surface area contributed by atoms with E-state index < -0.39 is 5.60 Å². The van der Waals surface area contributed by atoms with Crippen molar-refractivity contribution in [2.75, 3.05) is 38.2 Å². The molecule has 1 N–H and O–H groups in total. The molecule has 0 bridgehead atoms. The molecule has 2 aromatic heterocycles. The van der Waals surface area contributed by atoms with E-state index in [4.69, 9.17) is 9.47 Å². The molecule has 1 amide bonds. The molecule has 4 aromatic rings. The fourth-order valence-corrected chi connectivity index (χ4v) is 5.25. The van der Waals surface area contributed by atoms with Crippen LogP contribution in [0, 0.1) is 5.82 Å². The fourth-order valence-electron chi connectivity index (χ4n) is 5.25. The predicted molar refractivity (Wildman–Crippen MR) is 157 cm³/mol. The van der Waals surface area contributed by atoms with Gasteiger partial charge in [-0.05, 0) is 68.1 Å². The number of nitrogens with zero attached hydrogens (tertiary/aromatic N) is 3. The van der Waals surface area contributed by atoms with Crippen molar-refractivity contribution in [3.8, 4) is 22.6 Å². The molecule has 0 spiro atoms. The first kappa shape index (κ1) is 27.5. The highest BCUT2D eigenvalue weighted by Gasteiger charge is 2.27. The number of hydrogen-bond acceptors (Lipinski definition) is 5. The molecule has 1 aliphatic heterocycles. The Morgan fingerprint density at radius 2 is 1.75 bits per heavy atom. The Morgan fingerprint density at radius 3 is 2.42 bits per heavy atom. The number of pyridine rings is 1. The zero-order valence-electron chi connectivity index (χ0n) is 24.0. The number of anilines is 1. The first-order valence-corrected chi connectivity index (χ1v) is 13.7. The SMILES string of the molecule is COc1ccccc1N1CCN(C(=O)c2cc3c(-c4cnccc4OC(C)(C)C)cc(C(C)C)c(F)c3[nH]2)CC1. The van der Waals surface area contributed by atoms with Gasteiger partial charge in [0.15, 0.2) is 5.82 Å². The van der Waals surface area contributed by atoms with E-state index in [2.05, 4.69) is 14.9 Å². The summed E-state index contributed by atoms with van der Waals surface area (Å²) in [7, 11) is 1.66. The maximum Gasteiger partial charge on any atom is 0.270 e. The number of methoxy groups -OCH3 is 1. The molecule has 40 heavy (non-hydrogen) atoms. The van der Waals surface area contributed by atoms with E-state index in [9.17, 15) is 4.79 Å². The third-order valence-corrected chi connectivity index (χ3v) is 7.21. The average Bonchev–Trinajstić information content (AvgIpc) is 3.39. The van der Waals surface area contributed by atoms with Crippen LogP contribution in [0.25, 0.3) is 22.0 Å². The number of carbonyl (C=O) groups excluding carboxylic acids is 1. The van der Waals surface area contributed by atoms with Crippen molar-refractivity contribution in [3.63, 3.8) is 0 Å². The number of para-hydroxylation sites is 2. The van der Waals surface area contributed by atoms with Crippen LogP contribution in [0.2, 0.25) is 0 Å². The summed E-state index contributed by atoms with van der Waals surface area (Å²) in [5.41, 5.74) is 3.38. The minimum Gasteiger partial charge on any atom is -0.495 e. The largest absolute Gasteiger partial charge is 0.495 e. The maximum atomic E-state index is 15.8. The van der Waals surface area contributed by atoms with Crippen molar-refractivity contribution in [3.05, 3.63) is 71.9 Å². The third kappa shape index (κ3) is 5.35. The van der Waals surface area contributed by atoms with Crippen LogP contribution in [0.3, 0.4) is 0 Å². The Bertz CT molecular complexity index is 1530. The first-order chi connectivity index (χ1) is 19.1. The van der Waals surface area contributed by atoms with E-state index in [1.807, 2.05) is 75.9 Å². The van der Waals surface area contributed by atoms with Gasteiger partial charge in [-0.3, -0.25) is 9.78 Å². The molecule has 5 rings (SSSR count). The van der Waals surface area contributed by atoms with Gasteiger partial charge in [0.1, 0.15) is 22.8 Å². The molecule has 1 saturated heterocycles. The molecule has 1 fully saturated rings. The molecule has 0 atom stereocenters. The lowest BCUT2D eigenvalue weighted by atomic mass is 9.94. The summed E-state index contributed by atoms with van der Waals surface area (Å²) in [5, 5.41) is 0.629. The van der Waals surface area contributed by atoms with E-state index in [1.54, 1.807) is 25.6 Å². The van der Waals surface area contributed by atoms with E-state index in [-0.39, 0.29) is 17.6 Å². The van der Waals surface area contributed by atoms with Crippen LogP contribution in [-0.2, 0) is 0 Å². The van der Waals surface area contributed by atoms with Gasteiger partial charge in [0.2, 0.25) is 0 Å². The van der Waals surface area contributed by atoms with Crippen LogP contribution in [-0.4, -0.2) is 59.7 Å². The molecule has 210 valence electrons. The fraction of sp³-hybridized carbons (Fsp3) is 0.375. The summed E-state index contributed by atoms with van der Waals surface area (Å²) in [6.45, 7) is 12.3. The van der Waals surface area contributed by atoms with E-state index in [0.717, 1.165) is 22.6 Å². The molecular weight excluding hydrogens is 507 g/mol. The Hall–Kier alpha value is -4.07. The van der Waals surface area contributed by atoms with Gasteiger partial charge in [-0.2, -0.15) is 0 Å². The summed E-state index contributed by atoms with van der Waals surface area (Å²) < 4.78 is 27.6. The monoisotopic (exact) mass is 544 g/mol. The summed E-state index contributed by atoms with van der Waals surface area (Å²) in [4.78, 5) is 25.2. The minimum atomic E-state index is -0.429. The second kappa shape index (κ2) is 10.8. The number of amides is 1. The Labute approximate surface area is 234 Å². The van der Waals surface area contributed by atoms with Crippen molar-refractivity contribution in [2.45, 2.75) is 46.1 Å². The number of halogens is 1. The van der Waals surface area contributed by atoms with Crippen molar-refractivity contribution < 1.29 is 18.7 Å². The van der Waals surface area contributed by atoms with E-state index in [1.165, 1.54) is 0 Å². The number of rotatable bonds is 6. The number of hydrogen-bond donors (Lipinski definition) is 1.